The molecule has 1 aromatic carbocycles. The van der Waals surface area contributed by atoms with Gasteiger partial charge in [-0.2, -0.15) is 0 Å². The first kappa shape index (κ1) is 15.7. The van der Waals surface area contributed by atoms with Gasteiger partial charge in [-0.15, -0.1) is 17.9 Å². The number of carbonyl (C=O) groups excluding carboxylic acids is 1. The summed E-state index contributed by atoms with van der Waals surface area (Å²) in [5, 5.41) is 15.4. The van der Waals surface area contributed by atoms with Crippen molar-refractivity contribution < 1.29 is 9.72 Å². The number of urea groups is 1. The second-order valence-corrected chi connectivity index (χ2v) is 5.52. The van der Waals surface area contributed by atoms with Crippen LogP contribution in [-0.2, 0) is 6.54 Å². The molecule has 2 aromatic rings. The highest BCUT2D eigenvalue weighted by Crippen LogP contribution is 2.18. The van der Waals surface area contributed by atoms with Gasteiger partial charge in [0.05, 0.1) is 11.5 Å². The zero-order valence-electron chi connectivity index (χ0n) is 11.8. The lowest BCUT2D eigenvalue weighted by atomic mass is 10.3. The van der Waals surface area contributed by atoms with E-state index in [9.17, 15) is 14.9 Å². The predicted molar refractivity (Wildman–Crippen MR) is 87.0 cm³/mol. The highest BCUT2D eigenvalue weighted by molar-refractivity contribution is 7.09. The van der Waals surface area contributed by atoms with E-state index in [1.807, 2.05) is 17.5 Å². The molecule has 0 aliphatic rings. The van der Waals surface area contributed by atoms with Gasteiger partial charge in [0, 0.05) is 29.2 Å². The number of nitrogens with one attached hydrogen (secondary N) is 1. The van der Waals surface area contributed by atoms with Gasteiger partial charge in [-0.05, 0) is 17.5 Å². The van der Waals surface area contributed by atoms with Crippen LogP contribution in [0.4, 0.5) is 16.2 Å². The Balaban J connectivity index is 2.08. The Hall–Kier alpha value is -2.67. The average molecular weight is 317 g/mol. The molecule has 0 aliphatic carbocycles. The zero-order chi connectivity index (χ0) is 15.9. The molecule has 22 heavy (non-hydrogen) atoms. The largest absolute Gasteiger partial charge is 0.322 e. The zero-order valence-corrected chi connectivity index (χ0v) is 12.6. The summed E-state index contributed by atoms with van der Waals surface area (Å²) < 4.78 is 0. The van der Waals surface area contributed by atoms with Crippen LogP contribution in [0, 0.1) is 10.1 Å². The number of thiophene rings is 1. The summed E-state index contributed by atoms with van der Waals surface area (Å²) in [6.45, 7) is 4.50. The van der Waals surface area contributed by atoms with Crippen molar-refractivity contribution in [2.75, 3.05) is 11.9 Å². The van der Waals surface area contributed by atoms with Crippen LogP contribution < -0.4 is 5.32 Å². The van der Waals surface area contributed by atoms with Crippen LogP contribution in [0.25, 0.3) is 0 Å². The van der Waals surface area contributed by atoms with Crippen LogP contribution in [0.3, 0.4) is 0 Å². The maximum absolute atomic E-state index is 12.3. The third kappa shape index (κ3) is 4.16. The van der Waals surface area contributed by atoms with E-state index in [4.69, 9.17) is 0 Å². The van der Waals surface area contributed by atoms with E-state index in [0.29, 0.717) is 18.8 Å². The van der Waals surface area contributed by atoms with Crippen molar-refractivity contribution in [1.29, 1.82) is 0 Å². The Morgan fingerprint density at radius 3 is 2.86 bits per heavy atom. The topological polar surface area (TPSA) is 75.5 Å². The van der Waals surface area contributed by atoms with E-state index in [-0.39, 0.29) is 11.7 Å². The second-order valence-electron chi connectivity index (χ2n) is 4.49. The van der Waals surface area contributed by atoms with Crippen molar-refractivity contribution in [1.82, 2.24) is 4.90 Å². The SMILES string of the molecule is C=CCN(Cc1cccs1)C(=O)Nc1cccc([N+](=O)[O-])c1. The number of benzene rings is 1. The van der Waals surface area contributed by atoms with Crippen molar-refractivity contribution in [2.24, 2.45) is 0 Å². The van der Waals surface area contributed by atoms with E-state index >= 15 is 0 Å². The minimum Gasteiger partial charge on any atom is -0.316 e. The number of hydrogen-bond acceptors (Lipinski definition) is 4. The van der Waals surface area contributed by atoms with Gasteiger partial charge in [0.15, 0.2) is 0 Å². The predicted octanol–water partition coefficient (Wildman–Crippen LogP) is 3.88. The van der Waals surface area contributed by atoms with Crippen molar-refractivity contribution in [3.8, 4) is 0 Å². The Kier molecular flexibility index (Phi) is 5.26. The Morgan fingerprint density at radius 1 is 1.41 bits per heavy atom. The molecule has 0 fully saturated rings. The first-order chi connectivity index (χ1) is 10.6. The fraction of sp³-hybridized carbons (Fsp3) is 0.133. The van der Waals surface area contributed by atoms with Crippen LogP contribution >= 0.6 is 11.3 Å². The van der Waals surface area contributed by atoms with Crippen molar-refractivity contribution in [3.63, 3.8) is 0 Å². The third-order valence-electron chi connectivity index (χ3n) is 2.87. The summed E-state index contributed by atoms with van der Waals surface area (Å²) in [6.07, 6.45) is 1.64. The van der Waals surface area contributed by atoms with Gasteiger partial charge in [-0.3, -0.25) is 10.1 Å². The smallest absolute Gasteiger partial charge is 0.316 e. The van der Waals surface area contributed by atoms with E-state index in [0.717, 1.165) is 4.88 Å². The fourth-order valence-electron chi connectivity index (χ4n) is 1.87. The maximum atomic E-state index is 12.3. The van der Waals surface area contributed by atoms with Crippen LogP contribution in [0.5, 0.6) is 0 Å². The molecule has 7 heteroatoms. The molecule has 0 bridgehead atoms. The Morgan fingerprint density at radius 2 is 2.23 bits per heavy atom. The number of carbonyl (C=O) groups is 1. The molecule has 114 valence electrons. The molecule has 1 heterocycles. The molecule has 2 rings (SSSR count). The molecule has 0 atom stereocenters. The average Bonchev–Trinajstić information content (AvgIpc) is 3.00. The molecule has 2 amide bonds. The number of anilines is 1. The van der Waals surface area contributed by atoms with Gasteiger partial charge < -0.3 is 10.2 Å². The molecule has 0 radical (unpaired) electrons. The van der Waals surface area contributed by atoms with Crippen LogP contribution in [0.1, 0.15) is 4.88 Å². The molecular formula is C15H15N3O3S. The van der Waals surface area contributed by atoms with E-state index in [1.54, 1.807) is 28.4 Å². The first-order valence-electron chi connectivity index (χ1n) is 6.54. The molecule has 1 aromatic heterocycles. The standard InChI is InChI=1S/C15H15N3O3S/c1-2-8-17(11-14-7-4-9-22-14)15(19)16-12-5-3-6-13(10-12)18(20)21/h2-7,9-10H,1,8,11H2,(H,16,19). The highest BCUT2D eigenvalue weighted by atomic mass is 32.1. The van der Waals surface area contributed by atoms with Gasteiger partial charge in [-0.25, -0.2) is 4.79 Å². The van der Waals surface area contributed by atoms with E-state index in [1.165, 1.54) is 18.2 Å². The maximum Gasteiger partial charge on any atom is 0.322 e. The second kappa shape index (κ2) is 7.37. The lowest BCUT2D eigenvalue weighted by molar-refractivity contribution is -0.384. The van der Waals surface area contributed by atoms with Crippen LogP contribution in [0.15, 0.2) is 54.4 Å². The Labute approximate surface area is 131 Å². The van der Waals surface area contributed by atoms with Gasteiger partial charge in [0.2, 0.25) is 0 Å². The highest BCUT2D eigenvalue weighted by Gasteiger charge is 2.14. The molecule has 6 nitrogen and oxygen atoms in total. The van der Waals surface area contributed by atoms with Gasteiger partial charge in [0.25, 0.3) is 5.69 Å². The summed E-state index contributed by atoms with van der Waals surface area (Å²) in [5.74, 6) is 0. The molecule has 0 spiro atoms. The Bertz CT molecular complexity index is 670. The summed E-state index contributed by atoms with van der Waals surface area (Å²) in [5.41, 5.74) is 0.325. The quantitative estimate of drug-likeness (QED) is 0.499. The van der Waals surface area contributed by atoms with Gasteiger partial charge in [-0.1, -0.05) is 18.2 Å². The number of rotatable bonds is 6. The van der Waals surface area contributed by atoms with Gasteiger partial charge in [0.1, 0.15) is 0 Å². The minimum absolute atomic E-state index is 0.0636. The normalized spacial score (nSPS) is 10.0. The van der Waals surface area contributed by atoms with Crippen LogP contribution in [0.2, 0.25) is 0 Å². The number of nitro benzene ring substituents is 1. The molecule has 0 unspecified atom stereocenters. The lowest BCUT2D eigenvalue weighted by Crippen LogP contribution is -2.34. The molecule has 0 aliphatic heterocycles. The van der Waals surface area contributed by atoms with E-state index in [2.05, 4.69) is 11.9 Å². The number of hydrogen-bond donors (Lipinski definition) is 1. The van der Waals surface area contributed by atoms with Crippen molar-refractivity contribution >= 4 is 28.7 Å². The summed E-state index contributed by atoms with van der Waals surface area (Å²) in [7, 11) is 0. The molecule has 1 N–H and O–H groups in total. The number of nitro groups is 1. The minimum atomic E-state index is -0.497. The van der Waals surface area contributed by atoms with E-state index < -0.39 is 4.92 Å². The molecule has 0 saturated heterocycles. The molecule has 0 saturated carbocycles. The first-order valence-corrected chi connectivity index (χ1v) is 7.42. The van der Waals surface area contributed by atoms with Crippen LogP contribution in [-0.4, -0.2) is 22.4 Å². The number of amides is 2. The van der Waals surface area contributed by atoms with Crippen molar-refractivity contribution in [3.05, 3.63) is 69.4 Å². The summed E-state index contributed by atoms with van der Waals surface area (Å²) in [6, 6.07) is 9.39. The lowest BCUT2D eigenvalue weighted by Gasteiger charge is -2.21. The fourth-order valence-corrected chi connectivity index (χ4v) is 2.58. The van der Waals surface area contributed by atoms with Crippen molar-refractivity contribution in [2.45, 2.75) is 6.54 Å². The monoisotopic (exact) mass is 317 g/mol. The summed E-state index contributed by atoms with van der Waals surface area (Å²) in [4.78, 5) is 25.2. The number of nitrogens with zero attached hydrogens (tertiary/aromatic N) is 2. The third-order valence-corrected chi connectivity index (χ3v) is 3.73. The summed E-state index contributed by atoms with van der Waals surface area (Å²) >= 11 is 1.56. The van der Waals surface area contributed by atoms with Gasteiger partial charge >= 0.3 is 6.03 Å². The molecular weight excluding hydrogens is 302 g/mol. The number of non-ortho nitro benzene ring substituents is 1.